The number of nitrogens with zero attached hydrogens (tertiary/aromatic N) is 2. The molecule has 3 rings (SSSR count). The molecule has 1 unspecified atom stereocenters. The van der Waals surface area contributed by atoms with Crippen LogP contribution in [0.2, 0.25) is 0 Å². The first-order chi connectivity index (χ1) is 11.2. The molecule has 1 atom stereocenters. The fourth-order valence-electron chi connectivity index (χ4n) is 4.53. The molecule has 0 amide bonds. The summed E-state index contributed by atoms with van der Waals surface area (Å²) >= 11 is 0. The van der Waals surface area contributed by atoms with Gasteiger partial charge in [0.15, 0.2) is 5.96 Å². The summed E-state index contributed by atoms with van der Waals surface area (Å²) < 4.78 is 0. The Morgan fingerprint density at radius 3 is 2.57 bits per heavy atom. The van der Waals surface area contributed by atoms with Crippen LogP contribution in [-0.2, 0) is 0 Å². The maximum Gasteiger partial charge on any atom is 0.191 e. The van der Waals surface area contributed by atoms with E-state index in [1.807, 2.05) is 7.05 Å². The van der Waals surface area contributed by atoms with Crippen molar-refractivity contribution in [3.8, 4) is 0 Å². The van der Waals surface area contributed by atoms with Gasteiger partial charge < -0.3 is 15.7 Å². The van der Waals surface area contributed by atoms with E-state index in [2.05, 4.69) is 20.5 Å². The molecule has 5 heteroatoms. The third-order valence-corrected chi connectivity index (χ3v) is 5.99. The van der Waals surface area contributed by atoms with Crippen molar-refractivity contribution in [1.82, 2.24) is 15.5 Å². The lowest BCUT2D eigenvalue weighted by Gasteiger charge is -2.33. The van der Waals surface area contributed by atoms with Crippen LogP contribution in [0.1, 0.15) is 64.2 Å². The number of nitrogens with one attached hydrogen (secondary N) is 2. The first-order valence-corrected chi connectivity index (χ1v) is 9.62. The zero-order valence-corrected chi connectivity index (χ0v) is 14.7. The van der Waals surface area contributed by atoms with E-state index in [0.29, 0.717) is 12.6 Å². The first kappa shape index (κ1) is 17.0. The van der Waals surface area contributed by atoms with Gasteiger partial charge in [-0.1, -0.05) is 32.1 Å². The second kappa shape index (κ2) is 7.84. The largest absolute Gasteiger partial charge is 0.388 e. The number of aliphatic hydroxyl groups is 1. The molecular formula is C18H34N4O. The lowest BCUT2D eigenvalue weighted by Crippen LogP contribution is -2.50. The molecule has 1 saturated heterocycles. The third-order valence-electron chi connectivity index (χ3n) is 5.99. The summed E-state index contributed by atoms with van der Waals surface area (Å²) in [4.78, 5) is 7.01. The summed E-state index contributed by atoms with van der Waals surface area (Å²) in [5, 5.41) is 17.5. The number of aliphatic imine (C=N–C) groups is 1. The smallest absolute Gasteiger partial charge is 0.191 e. The van der Waals surface area contributed by atoms with Gasteiger partial charge in [0, 0.05) is 38.8 Å². The monoisotopic (exact) mass is 322 g/mol. The lowest BCUT2D eigenvalue weighted by atomic mass is 9.85. The van der Waals surface area contributed by atoms with E-state index in [9.17, 15) is 5.11 Å². The van der Waals surface area contributed by atoms with Crippen molar-refractivity contribution in [2.45, 2.75) is 81.9 Å². The standard InChI is InChI=1S/C18H34N4O/c1-19-17(20-14-18(23)10-5-2-6-11-18)21-15-9-12-22(13-15)16-7-3-4-8-16/h15-16,23H,2-14H2,1H3,(H2,19,20,21). The molecule has 1 aliphatic heterocycles. The van der Waals surface area contributed by atoms with E-state index in [4.69, 9.17) is 0 Å². The Hall–Kier alpha value is -0.810. The van der Waals surface area contributed by atoms with Crippen LogP contribution >= 0.6 is 0 Å². The van der Waals surface area contributed by atoms with E-state index in [1.165, 1.54) is 45.1 Å². The van der Waals surface area contributed by atoms with Crippen molar-refractivity contribution in [2.24, 2.45) is 4.99 Å². The maximum absolute atomic E-state index is 10.6. The van der Waals surface area contributed by atoms with Crippen LogP contribution in [0.3, 0.4) is 0 Å². The van der Waals surface area contributed by atoms with Gasteiger partial charge in [-0.05, 0) is 32.1 Å². The predicted octanol–water partition coefficient (Wildman–Crippen LogP) is 1.86. The molecule has 0 aromatic carbocycles. The molecule has 5 nitrogen and oxygen atoms in total. The number of guanidine groups is 1. The Labute approximate surface area is 140 Å². The summed E-state index contributed by atoms with van der Waals surface area (Å²) in [6.07, 6.45) is 12.1. The zero-order chi connectivity index (χ0) is 16.1. The van der Waals surface area contributed by atoms with Crippen LogP contribution in [0.25, 0.3) is 0 Å². The second-order valence-electron chi connectivity index (χ2n) is 7.77. The van der Waals surface area contributed by atoms with Crippen LogP contribution in [0.5, 0.6) is 0 Å². The fourth-order valence-corrected chi connectivity index (χ4v) is 4.53. The molecule has 3 fully saturated rings. The van der Waals surface area contributed by atoms with Gasteiger partial charge in [0.1, 0.15) is 0 Å². The third kappa shape index (κ3) is 4.60. The van der Waals surface area contributed by atoms with E-state index in [0.717, 1.165) is 44.2 Å². The van der Waals surface area contributed by atoms with Crippen molar-refractivity contribution in [1.29, 1.82) is 0 Å². The van der Waals surface area contributed by atoms with Crippen molar-refractivity contribution >= 4 is 5.96 Å². The van der Waals surface area contributed by atoms with Gasteiger partial charge >= 0.3 is 0 Å². The van der Waals surface area contributed by atoms with Gasteiger partial charge in [-0.15, -0.1) is 0 Å². The highest BCUT2D eigenvalue weighted by atomic mass is 16.3. The average Bonchev–Trinajstić information content (AvgIpc) is 3.23. The van der Waals surface area contributed by atoms with Crippen LogP contribution < -0.4 is 10.6 Å². The minimum Gasteiger partial charge on any atom is -0.388 e. The number of hydrogen-bond donors (Lipinski definition) is 3. The summed E-state index contributed by atoms with van der Waals surface area (Å²) in [5.74, 6) is 0.849. The van der Waals surface area contributed by atoms with Gasteiger partial charge in [-0.25, -0.2) is 0 Å². The molecule has 132 valence electrons. The molecule has 1 heterocycles. The minimum absolute atomic E-state index is 0.489. The SMILES string of the molecule is CN=C(NCC1(O)CCCCC1)NC1CCN(C2CCCC2)C1. The quantitative estimate of drug-likeness (QED) is 0.546. The Morgan fingerprint density at radius 2 is 1.87 bits per heavy atom. The second-order valence-corrected chi connectivity index (χ2v) is 7.77. The van der Waals surface area contributed by atoms with E-state index in [1.54, 1.807) is 0 Å². The highest BCUT2D eigenvalue weighted by Gasteiger charge is 2.31. The predicted molar refractivity (Wildman–Crippen MR) is 94.8 cm³/mol. The summed E-state index contributed by atoms with van der Waals surface area (Å²) in [7, 11) is 1.82. The normalized spacial score (nSPS) is 29.8. The highest BCUT2D eigenvalue weighted by Crippen LogP contribution is 2.28. The number of hydrogen-bond acceptors (Lipinski definition) is 3. The minimum atomic E-state index is -0.540. The van der Waals surface area contributed by atoms with Gasteiger partial charge in [0.25, 0.3) is 0 Å². The molecule has 0 spiro atoms. The van der Waals surface area contributed by atoms with Crippen LogP contribution in [-0.4, -0.2) is 60.3 Å². The Morgan fingerprint density at radius 1 is 1.13 bits per heavy atom. The topological polar surface area (TPSA) is 59.9 Å². The van der Waals surface area contributed by atoms with Crippen molar-refractivity contribution in [3.63, 3.8) is 0 Å². The van der Waals surface area contributed by atoms with Gasteiger partial charge in [-0.2, -0.15) is 0 Å². The molecule has 3 aliphatic rings. The van der Waals surface area contributed by atoms with E-state index < -0.39 is 5.60 Å². The summed E-state index contributed by atoms with van der Waals surface area (Å²) in [6.45, 7) is 2.96. The van der Waals surface area contributed by atoms with Crippen molar-refractivity contribution < 1.29 is 5.11 Å². The van der Waals surface area contributed by atoms with Crippen LogP contribution in [0, 0.1) is 0 Å². The fraction of sp³-hybridized carbons (Fsp3) is 0.944. The Kier molecular flexibility index (Phi) is 5.81. The van der Waals surface area contributed by atoms with E-state index >= 15 is 0 Å². The molecule has 2 aliphatic carbocycles. The summed E-state index contributed by atoms with van der Waals surface area (Å²) in [6, 6.07) is 1.31. The number of rotatable bonds is 4. The molecule has 0 aromatic rings. The first-order valence-electron chi connectivity index (χ1n) is 9.62. The molecule has 0 aromatic heterocycles. The van der Waals surface area contributed by atoms with Crippen molar-refractivity contribution in [3.05, 3.63) is 0 Å². The van der Waals surface area contributed by atoms with Gasteiger partial charge in [0.05, 0.1) is 5.60 Å². The molecule has 0 radical (unpaired) electrons. The molecule has 2 saturated carbocycles. The van der Waals surface area contributed by atoms with E-state index in [-0.39, 0.29) is 0 Å². The Bertz CT molecular complexity index is 400. The lowest BCUT2D eigenvalue weighted by molar-refractivity contribution is 0.00856. The van der Waals surface area contributed by atoms with Crippen LogP contribution in [0.15, 0.2) is 4.99 Å². The molecular weight excluding hydrogens is 288 g/mol. The van der Waals surface area contributed by atoms with Gasteiger partial charge in [0.2, 0.25) is 0 Å². The molecule has 0 bridgehead atoms. The zero-order valence-electron chi connectivity index (χ0n) is 14.7. The van der Waals surface area contributed by atoms with Crippen LogP contribution in [0.4, 0.5) is 0 Å². The molecule has 23 heavy (non-hydrogen) atoms. The Balaban J connectivity index is 1.42. The highest BCUT2D eigenvalue weighted by molar-refractivity contribution is 5.80. The van der Waals surface area contributed by atoms with Gasteiger partial charge in [-0.3, -0.25) is 9.89 Å². The summed E-state index contributed by atoms with van der Waals surface area (Å²) in [5.41, 5.74) is -0.540. The van der Waals surface area contributed by atoms with Crippen molar-refractivity contribution in [2.75, 3.05) is 26.7 Å². The average molecular weight is 322 g/mol. The maximum atomic E-state index is 10.6. The molecule has 3 N–H and O–H groups in total. The number of likely N-dealkylation sites (tertiary alicyclic amines) is 1.